The second-order valence-corrected chi connectivity index (χ2v) is 11.0. The SMILES string of the molecule is N#CC#Cc1cc(-c2nn(-c3nc(C(=O)O)cs3)c(CC3CC3)c2Cc2ccc([SH+](N)=O)c(F)c2)ccc1F. The van der Waals surface area contributed by atoms with Crippen LogP contribution in [0.4, 0.5) is 8.78 Å². The lowest BCUT2D eigenvalue weighted by Gasteiger charge is -2.09. The minimum Gasteiger partial charge on any atom is -0.476 e. The van der Waals surface area contributed by atoms with Crippen LogP contribution in [0.2, 0.25) is 0 Å². The summed E-state index contributed by atoms with van der Waals surface area (Å²) in [5, 5.41) is 30.2. The van der Waals surface area contributed by atoms with Gasteiger partial charge in [-0.15, -0.1) is 16.5 Å². The molecule has 2 aromatic carbocycles. The highest BCUT2D eigenvalue weighted by Gasteiger charge is 2.29. The van der Waals surface area contributed by atoms with E-state index < -0.39 is 28.6 Å². The number of rotatable bonds is 8. The molecule has 196 valence electrons. The van der Waals surface area contributed by atoms with E-state index in [0.717, 1.165) is 35.4 Å². The first-order valence-corrected chi connectivity index (χ1v) is 14.0. The fourth-order valence-electron chi connectivity index (χ4n) is 4.23. The van der Waals surface area contributed by atoms with E-state index >= 15 is 0 Å². The first kappa shape index (κ1) is 26.4. The maximum Gasteiger partial charge on any atom is 0.355 e. The van der Waals surface area contributed by atoms with Gasteiger partial charge in [0.2, 0.25) is 10.0 Å². The lowest BCUT2D eigenvalue weighted by molar-refractivity contribution is 0.0691. The van der Waals surface area contributed by atoms with Gasteiger partial charge in [0.1, 0.15) is 5.82 Å². The molecule has 0 bridgehead atoms. The number of carboxylic acids is 1. The number of carboxylic acid groups (broad SMARTS) is 1. The number of benzene rings is 2. The van der Waals surface area contributed by atoms with Gasteiger partial charge in [0, 0.05) is 28.8 Å². The van der Waals surface area contributed by atoms with Crippen molar-refractivity contribution in [2.75, 3.05) is 0 Å². The highest BCUT2D eigenvalue weighted by atomic mass is 32.2. The van der Waals surface area contributed by atoms with Crippen molar-refractivity contribution < 1.29 is 22.9 Å². The average molecular weight is 565 g/mol. The molecule has 1 aliphatic rings. The van der Waals surface area contributed by atoms with Crippen LogP contribution < -0.4 is 5.14 Å². The van der Waals surface area contributed by atoms with Crippen LogP contribution in [0.5, 0.6) is 0 Å². The van der Waals surface area contributed by atoms with Gasteiger partial charge in [0.05, 0.1) is 17.0 Å². The number of aromatic carboxylic acids is 1. The van der Waals surface area contributed by atoms with Crippen molar-refractivity contribution in [1.29, 1.82) is 5.26 Å². The summed E-state index contributed by atoms with van der Waals surface area (Å²) in [4.78, 5) is 15.7. The van der Waals surface area contributed by atoms with Gasteiger partial charge >= 0.3 is 5.97 Å². The maximum atomic E-state index is 14.7. The van der Waals surface area contributed by atoms with Crippen LogP contribution >= 0.6 is 11.3 Å². The molecule has 2 heterocycles. The molecule has 5 rings (SSSR count). The molecule has 0 radical (unpaired) electrons. The molecule has 0 saturated heterocycles. The first-order valence-electron chi connectivity index (χ1n) is 11.8. The van der Waals surface area contributed by atoms with E-state index in [1.807, 2.05) is 0 Å². The Morgan fingerprint density at radius 2 is 2.03 bits per heavy atom. The Labute approximate surface area is 228 Å². The Hall–Kier alpha value is -4.23. The van der Waals surface area contributed by atoms with Crippen molar-refractivity contribution in [2.24, 2.45) is 11.1 Å². The van der Waals surface area contributed by atoms with Crippen LogP contribution in [0.3, 0.4) is 0 Å². The second kappa shape index (κ2) is 10.9. The minimum absolute atomic E-state index is 0.0165. The van der Waals surface area contributed by atoms with Gasteiger partial charge in [-0.1, -0.05) is 10.3 Å². The van der Waals surface area contributed by atoms with Gasteiger partial charge in [0.15, 0.2) is 28.6 Å². The van der Waals surface area contributed by atoms with E-state index in [2.05, 4.69) is 16.8 Å². The van der Waals surface area contributed by atoms with Crippen LogP contribution in [0.1, 0.15) is 45.7 Å². The van der Waals surface area contributed by atoms with Crippen LogP contribution in [0.25, 0.3) is 16.4 Å². The zero-order chi connectivity index (χ0) is 27.7. The van der Waals surface area contributed by atoms with E-state index in [1.165, 1.54) is 35.7 Å². The number of thiazole rings is 1. The average Bonchev–Trinajstić information content (AvgIpc) is 3.46. The van der Waals surface area contributed by atoms with Crippen LogP contribution in [-0.4, -0.2) is 25.8 Å². The summed E-state index contributed by atoms with van der Waals surface area (Å²) in [6, 6.07) is 10.2. The molecule has 1 saturated carbocycles. The van der Waals surface area contributed by atoms with Gasteiger partial charge < -0.3 is 5.11 Å². The highest BCUT2D eigenvalue weighted by Crippen LogP contribution is 2.38. The smallest absolute Gasteiger partial charge is 0.355 e. The molecular weight excluding hydrogens is 544 g/mol. The monoisotopic (exact) mass is 564 g/mol. The lowest BCUT2D eigenvalue weighted by atomic mass is 9.96. The van der Waals surface area contributed by atoms with Crippen LogP contribution in [0.15, 0.2) is 46.7 Å². The third-order valence-electron chi connectivity index (χ3n) is 6.28. The largest absolute Gasteiger partial charge is 0.476 e. The van der Waals surface area contributed by atoms with Crippen LogP contribution in [0, 0.1) is 40.7 Å². The van der Waals surface area contributed by atoms with Crippen molar-refractivity contribution >= 4 is 28.3 Å². The fraction of sp³-hybridized carbons (Fsp3) is 0.185. The molecule has 8 nitrogen and oxygen atoms in total. The molecular formula is C27H20F2N5O3S2+. The summed E-state index contributed by atoms with van der Waals surface area (Å²) in [6.07, 6.45) is 2.90. The zero-order valence-corrected chi connectivity index (χ0v) is 21.9. The van der Waals surface area contributed by atoms with Crippen molar-refractivity contribution in [3.05, 3.63) is 81.5 Å². The predicted molar refractivity (Wildman–Crippen MR) is 142 cm³/mol. The zero-order valence-electron chi connectivity index (χ0n) is 20.2. The van der Waals surface area contributed by atoms with E-state index in [1.54, 1.807) is 16.8 Å². The number of nitriles is 1. The molecule has 39 heavy (non-hydrogen) atoms. The molecule has 1 atom stereocenters. The van der Waals surface area contributed by atoms with Crippen molar-refractivity contribution in [2.45, 2.75) is 30.6 Å². The second-order valence-electron chi connectivity index (χ2n) is 9.00. The van der Waals surface area contributed by atoms with Gasteiger partial charge in [-0.3, -0.25) is 0 Å². The summed E-state index contributed by atoms with van der Waals surface area (Å²) in [5.41, 5.74) is 2.96. The summed E-state index contributed by atoms with van der Waals surface area (Å²) >= 11 is 1.12. The minimum atomic E-state index is -2.35. The summed E-state index contributed by atoms with van der Waals surface area (Å²) in [7, 11) is -2.35. The number of hydrogen-bond donors (Lipinski definition) is 2. The van der Waals surface area contributed by atoms with Crippen molar-refractivity contribution in [1.82, 2.24) is 14.8 Å². The number of nitrogens with zero attached hydrogens (tertiary/aromatic N) is 4. The third kappa shape index (κ3) is 5.64. The molecule has 1 unspecified atom stereocenters. The number of hydrogen-bond acceptors (Lipinski definition) is 6. The van der Waals surface area contributed by atoms with E-state index in [-0.39, 0.29) is 22.6 Å². The Balaban J connectivity index is 1.71. The van der Waals surface area contributed by atoms with Gasteiger partial charge in [-0.25, -0.2) is 23.2 Å². The van der Waals surface area contributed by atoms with Crippen LogP contribution in [-0.2, 0) is 28.0 Å². The molecule has 1 aliphatic carbocycles. The topological polar surface area (TPSA) is 135 Å². The molecule has 12 heteroatoms. The van der Waals surface area contributed by atoms with Gasteiger partial charge in [-0.2, -0.15) is 10.4 Å². The number of thiol groups is 1. The molecule has 3 N–H and O–H groups in total. The number of nitrogens with two attached hydrogens (primary N) is 1. The molecule has 2 aromatic heterocycles. The van der Waals surface area contributed by atoms with Crippen molar-refractivity contribution in [3.63, 3.8) is 0 Å². The van der Waals surface area contributed by atoms with E-state index in [9.17, 15) is 22.9 Å². The maximum absolute atomic E-state index is 14.7. The Bertz CT molecular complexity index is 1740. The summed E-state index contributed by atoms with van der Waals surface area (Å²) < 4.78 is 42.4. The Kier molecular flexibility index (Phi) is 7.35. The van der Waals surface area contributed by atoms with Gasteiger partial charge in [0.25, 0.3) is 0 Å². The van der Waals surface area contributed by atoms with E-state index in [0.29, 0.717) is 34.3 Å². The number of aromatic nitrogens is 3. The Morgan fingerprint density at radius 1 is 1.23 bits per heavy atom. The summed E-state index contributed by atoms with van der Waals surface area (Å²) in [6.45, 7) is 0. The normalized spacial score (nSPS) is 13.4. The highest BCUT2D eigenvalue weighted by molar-refractivity contribution is 7.82. The fourth-order valence-corrected chi connectivity index (χ4v) is 5.50. The quantitative estimate of drug-likeness (QED) is 0.186. The van der Waals surface area contributed by atoms with E-state index in [4.69, 9.17) is 15.5 Å². The molecule has 0 amide bonds. The third-order valence-corrected chi connectivity index (χ3v) is 7.94. The number of halogens is 2. The standard InChI is InChI=1S/C27H19F2N5O3S2/c28-20-7-6-18(13-17(20)2-1-9-30)25-19(10-16-5-8-24(39(31)37)21(29)11-16)23(12-15-3-4-15)34(33-25)27-32-22(14-38-27)26(35)36/h5-8,11,13-15H,3-4,10,12H2,(H2,31,37)(H,35,36)/p+1. The molecule has 0 spiro atoms. The van der Waals surface area contributed by atoms with Crippen molar-refractivity contribution in [3.8, 4) is 34.3 Å². The molecule has 4 aromatic rings. The first-order chi connectivity index (χ1) is 18.7. The van der Waals surface area contributed by atoms with Gasteiger partial charge in [-0.05, 0) is 67.0 Å². The number of carbonyl (C=O) groups is 1. The predicted octanol–water partition coefficient (Wildman–Crippen LogP) is 4.32. The summed E-state index contributed by atoms with van der Waals surface area (Å²) in [5.74, 6) is 2.64. The Morgan fingerprint density at radius 3 is 2.67 bits per heavy atom. The lowest BCUT2D eigenvalue weighted by Crippen LogP contribution is -2.07. The molecule has 0 aliphatic heterocycles. The molecule has 1 fully saturated rings.